The Morgan fingerprint density at radius 2 is 2.09 bits per heavy atom. The number of alkyl halides is 1. The minimum atomic E-state index is -1.98. The molecule has 1 atom stereocenters. The first kappa shape index (κ1) is 8.11. The summed E-state index contributed by atoms with van der Waals surface area (Å²) < 4.78 is 36.4. The average molecular weight is 160 g/mol. The maximum atomic E-state index is 13.1. The Labute approximate surface area is 62.7 Å². The highest BCUT2D eigenvalue weighted by Crippen LogP contribution is 2.25. The van der Waals surface area contributed by atoms with Crippen LogP contribution in [0.1, 0.15) is 6.42 Å². The first-order chi connectivity index (χ1) is 5.12. The van der Waals surface area contributed by atoms with Crippen molar-refractivity contribution < 1.29 is 13.2 Å². The van der Waals surface area contributed by atoms with Gasteiger partial charge in [0, 0.05) is 12.5 Å². The fraction of sp³-hybridized carbons (Fsp3) is 0.250. The molecule has 0 nitrogen and oxygen atoms in total. The van der Waals surface area contributed by atoms with Gasteiger partial charge in [-0.1, -0.05) is 18.2 Å². The smallest absolute Gasteiger partial charge is 0.234 e. The molecule has 0 amide bonds. The number of rotatable bonds is 1. The van der Waals surface area contributed by atoms with Crippen molar-refractivity contribution in [2.45, 2.75) is 12.1 Å². The lowest BCUT2D eigenvalue weighted by Gasteiger charge is -2.16. The highest BCUT2D eigenvalue weighted by Gasteiger charge is 2.24. The predicted octanol–water partition coefficient (Wildman–Crippen LogP) is 2.99. The molecule has 60 valence electrons. The molecule has 0 aromatic heterocycles. The second-order valence-electron chi connectivity index (χ2n) is 2.35. The van der Waals surface area contributed by atoms with E-state index in [4.69, 9.17) is 0 Å². The summed E-state index contributed by atoms with van der Waals surface area (Å²) in [6, 6.07) is 0. The number of allylic oxidation sites excluding steroid dienone is 5. The molecule has 0 fully saturated rings. The lowest BCUT2D eigenvalue weighted by molar-refractivity contribution is 0.282. The van der Waals surface area contributed by atoms with Crippen molar-refractivity contribution in [3.8, 4) is 0 Å². The van der Waals surface area contributed by atoms with E-state index in [-0.39, 0.29) is 6.42 Å². The van der Waals surface area contributed by atoms with Gasteiger partial charge in [0.1, 0.15) is 0 Å². The highest BCUT2D eigenvalue weighted by molar-refractivity contribution is 5.24. The van der Waals surface area contributed by atoms with Crippen LogP contribution in [-0.2, 0) is 0 Å². The molecule has 1 rings (SSSR count). The fourth-order valence-corrected chi connectivity index (χ4v) is 0.899. The maximum absolute atomic E-state index is 13.1. The summed E-state index contributed by atoms with van der Waals surface area (Å²) in [6.07, 6.45) is 4.01. The number of hydrogen-bond donors (Lipinski definition) is 0. The molecule has 0 spiro atoms. The zero-order valence-electron chi connectivity index (χ0n) is 5.73. The number of hydrogen-bond acceptors (Lipinski definition) is 0. The second kappa shape index (κ2) is 2.95. The summed E-state index contributed by atoms with van der Waals surface area (Å²) in [5, 5.41) is 0. The largest absolute Gasteiger partial charge is 0.269 e. The van der Waals surface area contributed by atoms with Crippen LogP contribution in [0.25, 0.3) is 0 Å². The molecule has 1 aliphatic carbocycles. The molecule has 0 aliphatic heterocycles. The molecular formula is C8H7F3. The minimum absolute atomic E-state index is 0.0131. The standard InChI is InChI=1S/C8H7F3/c9-7(10)6-8(11)4-2-1-3-5-8/h1-4,6H,5H2. The summed E-state index contributed by atoms with van der Waals surface area (Å²) in [5.41, 5.74) is -1.98. The van der Waals surface area contributed by atoms with Gasteiger partial charge < -0.3 is 0 Å². The average Bonchev–Trinajstić information content (AvgIpc) is 1.85. The van der Waals surface area contributed by atoms with E-state index in [1.165, 1.54) is 12.2 Å². The van der Waals surface area contributed by atoms with Crippen molar-refractivity contribution in [3.63, 3.8) is 0 Å². The van der Waals surface area contributed by atoms with Crippen molar-refractivity contribution in [1.82, 2.24) is 0 Å². The van der Waals surface area contributed by atoms with Gasteiger partial charge >= 0.3 is 0 Å². The fourth-order valence-electron chi connectivity index (χ4n) is 0.899. The van der Waals surface area contributed by atoms with Gasteiger partial charge in [-0.05, 0) is 6.08 Å². The normalized spacial score (nSPS) is 28.6. The molecule has 11 heavy (non-hydrogen) atoms. The van der Waals surface area contributed by atoms with E-state index < -0.39 is 11.7 Å². The Morgan fingerprint density at radius 1 is 1.36 bits per heavy atom. The van der Waals surface area contributed by atoms with E-state index in [2.05, 4.69) is 0 Å². The maximum Gasteiger partial charge on any atom is 0.269 e. The van der Waals surface area contributed by atoms with E-state index in [0.29, 0.717) is 6.08 Å². The summed E-state index contributed by atoms with van der Waals surface area (Å²) in [4.78, 5) is 0. The first-order valence-corrected chi connectivity index (χ1v) is 3.19. The molecule has 0 saturated heterocycles. The van der Waals surface area contributed by atoms with Crippen LogP contribution in [0, 0.1) is 0 Å². The first-order valence-electron chi connectivity index (χ1n) is 3.19. The zero-order valence-corrected chi connectivity index (χ0v) is 5.73. The van der Waals surface area contributed by atoms with E-state index in [0.717, 1.165) is 6.08 Å². The van der Waals surface area contributed by atoms with Crippen LogP contribution in [0.4, 0.5) is 13.2 Å². The van der Waals surface area contributed by atoms with Gasteiger partial charge in [0.15, 0.2) is 5.67 Å². The molecule has 0 saturated carbocycles. The van der Waals surface area contributed by atoms with Crippen molar-refractivity contribution in [2.75, 3.05) is 0 Å². The summed E-state index contributed by atoms with van der Waals surface area (Å²) in [6.45, 7) is 0. The Bertz CT molecular complexity index is 223. The van der Waals surface area contributed by atoms with Gasteiger partial charge in [-0.15, -0.1) is 0 Å². The molecule has 0 N–H and O–H groups in total. The minimum Gasteiger partial charge on any atom is -0.234 e. The quantitative estimate of drug-likeness (QED) is 0.553. The molecule has 1 aliphatic rings. The Kier molecular flexibility index (Phi) is 2.17. The van der Waals surface area contributed by atoms with Crippen LogP contribution >= 0.6 is 0 Å². The second-order valence-corrected chi connectivity index (χ2v) is 2.35. The molecule has 1 unspecified atom stereocenters. The van der Waals surface area contributed by atoms with E-state index in [1.807, 2.05) is 0 Å². The van der Waals surface area contributed by atoms with E-state index in [1.54, 1.807) is 6.08 Å². The zero-order chi connectivity index (χ0) is 8.32. The van der Waals surface area contributed by atoms with Crippen LogP contribution in [-0.4, -0.2) is 5.67 Å². The van der Waals surface area contributed by atoms with Crippen molar-refractivity contribution in [2.24, 2.45) is 0 Å². The van der Waals surface area contributed by atoms with Crippen molar-refractivity contribution in [1.29, 1.82) is 0 Å². The molecule has 3 heteroatoms. The summed E-state index contributed by atoms with van der Waals surface area (Å²) >= 11 is 0. The Balaban J connectivity index is 2.76. The van der Waals surface area contributed by atoms with E-state index >= 15 is 0 Å². The van der Waals surface area contributed by atoms with Crippen LogP contribution in [0.3, 0.4) is 0 Å². The topological polar surface area (TPSA) is 0 Å². The summed E-state index contributed by atoms with van der Waals surface area (Å²) in [5.74, 6) is 0. The predicted molar refractivity (Wildman–Crippen MR) is 37.0 cm³/mol. The van der Waals surface area contributed by atoms with E-state index in [9.17, 15) is 13.2 Å². The van der Waals surface area contributed by atoms with Crippen molar-refractivity contribution in [3.05, 3.63) is 36.5 Å². The lowest BCUT2D eigenvalue weighted by atomic mass is 9.98. The third kappa shape index (κ3) is 2.26. The molecule has 0 heterocycles. The molecule has 0 radical (unpaired) electrons. The van der Waals surface area contributed by atoms with Crippen LogP contribution in [0.5, 0.6) is 0 Å². The third-order valence-corrected chi connectivity index (χ3v) is 1.40. The molecule has 0 bridgehead atoms. The van der Waals surface area contributed by atoms with Gasteiger partial charge in [-0.2, -0.15) is 8.78 Å². The highest BCUT2D eigenvalue weighted by atomic mass is 19.3. The Morgan fingerprint density at radius 3 is 2.55 bits per heavy atom. The van der Waals surface area contributed by atoms with Gasteiger partial charge in [-0.25, -0.2) is 4.39 Å². The van der Waals surface area contributed by atoms with Crippen LogP contribution in [0.2, 0.25) is 0 Å². The molecule has 0 aromatic rings. The van der Waals surface area contributed by atoms with Crippen LogP contribution < -0.4 is 0 Å². The monoisotopic (exact) mass is 160 g/mol. The third-order valence-electron chi connectivity index (χ3n) is 1.40. The molecule has 0 aromatic carbocycles. The SMILES string of the molecule is FC(F)=CC1(F)C=CC=CC1. The van der Waals surface area contributed by atoms with Crippen LogP contribution in [0.15, 0.2) is 36.5 Å². The van der Waals surface area contributed by atoms with Crippen molar-refractivity contribution >= 4 is 0 Å². The lowest BCUT2D eigenvalue weighted by Crippen LogP contribution is -2.16. The van der Waals surface area contributed by atoms with Gasteiger partial charge in [0.25, 0.3) is 6.08 Å². The molecular weight excluding hydrogens is 153 g/mol. The van der Waals surface area contributed by atoms with Gasteiger partial charge in [0.2, 0.25) is 0 Å². The van der Waals surface area contributed by atoms with Gasteiger partial charge in [-0.3, -0.25) is 0 Å². The number of halogens is 3. The summed E-state index contributed by atoms with van der Waals surface area (Å²) in [7, 11) is 0. The Hall–Kier alpha value is -0.990. The van der Waals surface area contributed by atoms with Gasteiger partial charge in [0.05, 0.1) is 0 Å².